The highest BCUT2D eigenvalue weighted by Crippen LogP contribution is 2.14. The third-order valence-corrected chi connectivity index (χ3v) is 3.92. The normalized spacial score (nSPS) is 12.1. The number of nitrogens with two attached hydrogens (primary N) is 1. The molecule has 7 heteroatoms. The summed E-state index contributed by atoms with van der Waals surface area (Å²) in [6, 6.07) is 2.36. The van der Waals surface area contributed by atoms with Crippen molar-refractivity contribution in [1.82, 2.24) is 15.0 Å². The highest BCUT2D eigenvalue weighted by Gasteiger charge is 2.12. The minimum atomic E-state index is 0.228. The Bertz CT molecular complexity index is 553. The van der Waals surface area contributed by atoms with Gasteiger partial charge in [0.25, 0.3) is 0 Å². The molecule has 1 atom stereocenters. The molecule has 3 N–H and O–H groups in total. The summed E-state index contributed by atoms with van der Waals surface area (Å²) in [5.74, 6) is 1.40. The Kier molecular flexibility index (Phi) is 5.32. The van der Waals surface area contributed by atoms with E-state index in [-0.39, 0.29) is 12.0 Å². The summed E-state index contributed by atoms with van der Waals surface area (Å²) in [5.41, 5.74) is 7.10. The van der Waals surface area contributed by atoms with Crippen LogP contribution in [0.2, 0.25) is 0 Å². The van der Waals surface area contributed by atoms with E-state index in [1.807, 2.05) is 4.90 Å². The van der Waals surface area contributed by atoms with Crippen LogP contribution in [-0.4, -0.2) is 34.1 Å². The molecule has 1 unspecified atom stereocenters. The SMILES string of the molecule is CCN(CC)c1nc(N)nc(NC(C)Cc2ccsc2)n1. The van der Waals surface area contributed by atoms with E-state index in [2.05, 4.69) is 57.9 Å². The second-order valence-corrected chi connectivity index (χ2v) is 5.65. The first-order valence-corrected chi connectivity index (χ1v) is 8.10. The molecule has 2 aromatic heterocycles. The van der Waals surface area contributed by atoms with Crippen LogP contribution in [0.5, 0.6) is 0 Å². The molecular weight excluding hydrogens is 284 g/mol. The van der Waals surface area contributed by atoms with Crippen LogP contribution in [0.1, 0.15) is 26.3 Å². The number of rotatable bonds is 7. The Morgan fingerprint density at radius 3 is 2.67 bits per heavy atom. The fourth-order valence-electron chi connectivity index (χ4n) is 2.13. The van der Waals surface area contributed by atoms with Crippen LogP contribution in [0.3, 0.4) is 0 Å². The summed E-state index contributed by atoms with van der Waals surface area (Å²) >= 11 is 1.71. The molecule has 0 saturated heterocycles. The van der Waals surface area contributed by atoms with Crippen LogP contribution < -0.4 is 16.0 Å². The van der Waals surface area contributed by atoms with Gasteiger partial charge in [-0.1, -0.05) is 0 Å². The summed E-state index contributed by atoms with van der Waals surface area (Å²) in [7, 11) is 0. The van der Waals surface area contributed by atoms with Crippen molar-refractivity contribution in [3.8, 4) is 0 Å². The maximum Gasteiger partial charge on any atom is 0.231 e. The van der Waals surface area contributed by atoms with E-state index >= 15 is 0 Å². The molecule has 114 valence electrons. The monoisotopic (exact) mass is 306 g/mol. The topological polar surface area (TPSA) is 80.0 Å². The molecule has 0 bridgehead atoms. The minimum absolute atomic E-state index is 0.228. The van der Waals surface area contributed by atoms with Gasteiger partial charge in [0, 0.05) is 19.1 Å². The zero-order valence-corrected chi connectivity index (χ0v) is 13.5. The zero-order valence-electron chi connectivity index (χ0n) is 12.7. The molecule has 2 rings (SSSR count). The molecule has 0 aliphatic rings. The summed E-state index contributed by atoms with van der Waals surface area (Å²) in [5, 5.41) is 7.54. The number of nitrogen functional groups attached to an aromatic ring is 1. The van der Waals surface area contributed by atoms with E-state index in [4.69, 9.17) is 5.73 Å². The molecule has 0 radical (unpaired) electrons. The van der Waals surface area contributed by atoms with E-state index in [0.717, 1.165) is 19.5 Å². The lowest BCUT2D eigenvalue weighted by Crippen LogP contribution is -2.26. The molecule has 0 amide bonds. The molecule has 0 aliphatic heterocycles. The summed E-state index contributed by atoms with van der Waals surface area (Å²) in [4.78, 5) is 14.9. The summed E-state index contributed by atoms with van der Waals surface area (Å²) < 4.78 is 0. The van der Waals surface area contributed by atoms with Crippen LogP contribution in [0.25, 0.3) is 0 Å². The first kappa shape index (κ1) is 15.5. The predicted molar refractivity (Wildman–Crippen MR) is 88.9 cm³/mol. The van der Waals surface area contributed by atoms with Gasteiger partial charge in [-0.05, 0) is 49.6 Å². The lowest BCUT2D eigenvalue weighted by atomic mass is 10.1. The third kappa shape index (κ3) is 4.29. The second-order valence-electron chi connectivity index (χ2n) is 4.87. The van der Waals surface area contributed by atoms with Gasteiger partial charge in [-0.3, -0.25) is 0 Å². The maximum atomic E-state index is 5.79. The van der Waals surface area contributed by atoms with Crippen LogP contribution in [0, 0.1) is 0 Å². The highest BCUT2D eigenvalue weighted by molar-refractivity contribution is 7.07. The van der Waals surface area contributed by atoms with Crippen molar-refractivity contribution in [2.24, 2.45) is 0 Å². The van der Waals surface area contributed by atoms with Gasteiger partial charge in [0.15, 0.2) is 0 Å². The molecule has 6 nitrogen and oxygen atoms in total. The third-order valence-electron chi connectivity index (χ3n) is 3.18. The van der Waals surface area contributed by atoms with Gasteiger partial charge in [0.05, 0.1) is 0 Å². The van der Waals surface area contributed by atoms with Crippen molar-refractivity contribution in [3.05, 3.63) is 22.4 Å². The zero-order chi connectivity index (χ0) is 15.2. The first-order chi connectivity index (χ1) is 10.1. The van der Waals surface area contributed by atoms with E-state index in [0.29, 0.717) is 11.9 Å². The van der Waals surface area contributed by atoms with Crippen LogP contribution in [0.15, 0.2) is 16.8 Å². The van der Waals surface area contributed by atoms with E-state index in [9.17, 15) is 0 Å². The fraction of sp³-hybridized carbons (Fsp3) is 0.500. The maximum absolute atomic E-state index is 5.79. The van der Waals surface area contributed by atoms with Gasteiger partial charge >= 0.3 is 0 Å². The molecule has 2 heterocycles. The Balaban J connectivity index is 2.08. The summed E-state index contributed by atoms with van der Waals surface area (Å²) in [6.07, 6.45) is 0.926. The largest absolute Gasteiger partial charge is 0.368 e. The molecule has 0 aliphatic carbocycles. The number of nitrogens with one attached hydrogen (secondary N) is 1. The van der Waals surface area contributed by atoms with Gasteiger partial charge < -0.3 is 16.0 Å². The molecule has 21 heavy (non-hydrogen) atoms. The van der Waals surface area contributed by atoms with Crippen molar-refractivity contribution in [1.29, 1.82) is 0 Å². The molecule has 0 saturated carbocycles. The van der Waals surface area contributed by atoms with Crippen LogP contribution in [0.4, 0.5) is 17.8 Å². The van der Waals surface area contributed by atoms with Crippen molar-refractivity contribution < 1.29 is 0 Å². The average molecular weight is 306 g/mol. The highest BCUT2D eigenvalue weighted by atomic mass is 32.1. The van der Waals surface area contributed by atoms with Gasteiger partial charge in [0.1, 0.15) is 0 Å². The molecule has 0 fully saturated rings. The van der Waals surface area contributed by atoms with E-state index in [1.54, 1.807) is 11.3 Å². The number of hydrogen-bond donors (Lipinski definition) is 2. The van der Waals surface area contributed by atoms with E-state index in [1.165, 1.54) is 5.56 Å². The van der Waals surface area contributed by atoms with Gasteiger partial charge in [0.2, 0.25) is 17.8 Å². The fourth-order valence-corrected chi connectivity index (χ4v) is 2.81. The van der Waals surface area contributed by atoms with Crippen molar-refractivity contribution >= 4 is 29.2 Å². The van der Waals surface area contributed by atoms with Gasteiger partial charge in [-0.25, -0.2) is 0 Å². The Morgan fingerprint density at radius 2 is 2.05 bits per heavy atom. The Hall–Kier alpha value is -1.89. The Labute approximate surface area is 129 Å². The standard InChI is InChI=1S/C14H22N6S/c1-4-20(5-2)14-18-12(15)17-13(19-14)16-10(3)8-11-6-7-21-9-11/h6-7,9-10H,4-5,8H2,1-3H3,(H3,15,16,17,18,19). The number of thiophene rings is 1. The molecule has 0 spiro atoms. The Morgan fingerprint density at radius 1 is 1.29 bits per heavy atom. The number of nitrogens with zero attached hydrogens (tertiary/aromatic N) is 4. The molecular formula is C14H22N6S. The van der Waals surface area contributed by atoms with Crippen molar-refractivity contribution in [3.63, 3.8) is 0 Å². The molecule has 0 aromatic carbocycles. The van der Waals surface area contributed by atoms with E-state index < -0.39 is 0 Å². The number of anilines is 3. The summed E-state index contributed by atoms with van der Waals surface area (Å²) in [6.45, 7) is 7.91. The number of hydrogen-bond acceptors (Lipinski definition) is 7. The second kappa shape index (κ2) is 7.21. The quantitative estimate of drug-likeness (QED) is 0.817. The predicted octanol–water partition coefficient (Wildman–Crippen LogP) is 2.40. The van der Waals surface area contributed by atoms with Crippen LogP contribution in [-0.2, 0) is 6.42 Å². The van der Waals surface area contributed by atoms with Crippen molar-refractivity contribution in [2.75, 3.05) is 29.0 Å². The van der Waals surface area contributed by atoms with Gasteiger partial charge in [-0.15, -0.1) is 0 Å². The van der Waals surface area contributed by atoms with Gasteiger partial charge in [-0.2, -0.15) is 26.3 Å². The van der Waals surface area contributed by atoms with Crippen molar-refractivity contribution in [2.45, 2.75) is 33.2 Å². The average Bonchev–Trinajstić information content (AvgIpc) is 2.92. The van der Waals surface area contributed by atoms with Crippen LogP contribution >= 0.6 is 11.3 Å². The minimum Gasteiger partial charge on any atom is -0.368 e. The lowest BCUT2D eigenvalue weighted by molar-refractivity contribution is 0.768. The molecule has 2 aromatic rings. The smallest absolute Gasteiger partial charge is 0.231 e. The number of aromatic nitrogens is 3. The first-order valence-electron chi connectivity index (χ1n) is 7.16. The lowest BCUT2D eigenvalue weighted by Gasteiger charge is -2.20.